The van der Waals surface area contributed by atoms with E-state index in [-0.39, 0.29) is 18.0 Å². The number of aromatic amines is 1. The second-order valence-electron chi connectivity index (χ2n) is 7.26. The third kappa shape index (κ3) is 4.31. The molecule has 2 aromatic carbocycles. The maximum atomic E-state index is 13.0. The molecule has 1 N–H and O–H groups in total. The van der Waals surface area contributed by atoms with Gasteiger partial charge < -0.3 is 14.6 Å². The Bertz CT molecular complexity index is 1050. The number of nitrogens with one attached hydrogen (secondary N) is 1. The van der Waals surface area contributed by atoms with Crippen LogP contribution in [0.1, 0.15) is 32.6 Å². The Morgan fingerprint density at radius 2 is 1.75 bits per heavy atom. The normalized spacial score (nSPS) is 11.0. The molecule has 0 aliphatic carbocycles. The molecular formula is C23H26N2O3. The van der Waals surface area contributed by atoms with E-state index < -0.39 is 0 Å². The lowest BCUT2D eigenvalue weighted by Gasteiger charge is -2.22. The van der Waals surface area contributed by atoms with Gasteiger partial charge in [0.2, 0.25) is 0 Å². The topological polar surface area (TPSA) is 62.4 Å². The summed E-state index contributed by atoms with van der Waals surface area (Å²) in [6.45, 7) is 7.04. The van der Waals surface area contributed by atoms with E-state index in [1.807, 2.05) is 63.2 Å². The van der Waals surface area contributed by atoms with Crippen LogP contribution >= 0.6 is 0 Å². The molecule has 0 aliphatic rings. The van der Waals surface area contributed by atoms with Gasteiger partial charge in [-0.25, -0.2) is 0 Å². The van der Waals surface area contributed by atoms with Crippen molar-refractivity contribution < 1.29 is 9.53 Å². The zero-order valence-electron chi connectivity index (χ0n) is 16.8. The highest BCUT2D eigenvalue weighted by Gasteiger charge is 2.18. The summed E-state index contributed by atoms with van der Waals surface area (Å²) in [5.74, 6) is -0.114. The van der Waals surface area contributed by atoms with Crippen molar-refractivity contribution in [2.45, 2.75) is 27.3 Å². The molecule has 0 atom stereocenters. The summed E-state index contributed by atoms with van der Waals surface area (Å²) in [6.07, 6.45) is 0. The fourth-order valence-corrected chi connectivity index (χ4v) is 3.39. The highest BCUT2D eigenvalue weighted by atomic mass is 16.5. The summed E-state index contributed by atoms with van der Waals surface area (Å²) < 4.78 is 5.17. The number of fused-ring (bicyclic) bond motifs is 1. The lowest BCUT2D eigenvalue weighted by molar-refractivity contribution is 0.0680. The summed E-state index contributed by atoms with van der Waals surface area (Å²) in [7, 11) is 1.60. The van der Waals surface area contributed by atoms with E-state index in [4.69, 9.17) is 4.74 Å². The van der Waals surface area contributed by atoms with Crippen LogP contribution in [0.3, 0.4) is 0 Å². The van der Waals surface area contributed by atoms with Crippen molar-refractivity contribution in [1.29, 1.82) is 0 Å². The van der Waals surface area contributed by atoms with Crippen molar-refractivity contribution in [3.8, 4) is 0 Å². The highest BCUT2D eigenvalue weighted by Crippen LogP contribution is 2.19. The number of nitrogens with zero attached hydrogens (tertiary/aromatic N) is 1. The maximum Gasteiger partial charge on any atom is 0.254 e. The van der Waals surface area contributed by atoms with Gasteiger partial charge in [-0.2, -0.15) is 0 Å². The molecule has 1 amide bonds. The highest BCUT2D eigenvalue weighted by molar-refractivity contribution is 5.94. The van der Waals surface area contributed by atoms with E-state index in [1.54, 1.807) is 12.0 Å². The van der Waals surface area contributed by atoms with Gasteiger partial charge in [0.1, 0.15) is 0 Å². The minimum Gasteiger partial charge on any atom is -0.383 e. The molecule has 146 valence electrons. The first-order valence-electron chi connectivity index (χ1n) is 9.37. The number of amides is 1. The first kappa shape index (κ1) is 19.8. The number of carbonyl (C=O) groups excluding carboxylic acids is 1. The summed E-state index contributed by atoms with van der Waals surface area (Å²) in [5, 5.41) is 0.974. The molecule has 0 saturated carbocycles. The van der Waals surface area contributed by atoms with Crippen LogP contribution in [-0.4, -0.2) is 36.1 Å². The van der Waals surface area contributed by atoms with Crippen LogP contribution in [-0.2, 0) is 11.3 Å². The van der Waals surface area contributed by atoms with Crippen LogP contribution in [0, 0.1) is 20.8 Å². The van der Waals surface area contributed by atoms with Gasteiger partial charge in [-0.15, -0.1) is 0 Å². The largest absolute Gasteiger partial charge is 0.383 e. The van der Waals surface area contributed by atoms with E-state index in [1.165, 1.54) is 0 Å². The lowest BCUT2D eigenvalue weighted by atomic mass is 10.0. The molecule has 0 aliphatic heterocycles. The van der Waals surface area contributed by atoms with Gasteiger partial charge in [-0.1, -0.05) is 29.3 Å². The SMILES string of the molecule is COCCN(Cc1cc2cc(C)cc(C)c2[nH]c1=O)C(=O)c1ccc(C)cc1. The molecule has 0 unspecified atom stereocenters. The van der Waals surface area contributed by atoms with Gasteiger partial charge in [0.15, 0.2) is 0 Å². The molecule has 28 heavy (non-hydrogen) atoms. The zero-order chi connectivity index (χ0) is 20.3. The van der Waals surface area contributed by atoms with Crippen LogP contribution in [0.5, 0.6) is 0 Å². The lowest BCUT2D eigenvalue weighted by Crippen LogP contribution is -2.35. The van der Waals surface area contributed by atoms with Gasteiger partial charge in [-0.05, 0) is 56.0 Å². The molecule has 1 heterocycles. The van der Waals surface area contributed by atoms with E-state index in [0.29, 0.717) is 24.3 Å². The molecule has 5 heteroatoms. The summed E-state index contributed by atoms with van der Waals surface area (Å²) in [4.78, 5) is 30.3. The van der Waals surface area contributed by atoms with E-state index in [0.717, 1.165) is 27.6 Å². The molecular weight excluding hydrogens is 352 g/mol. The Balaban J connectivity index is 1.96. The van der Waals surface area contributed by atoms with Gasteiger partial charge in [0, 0.05) is 24.8 Å². The maximum absolute atomic E-state index is 13.0. The predicted octanol–water partition coefficient (Wildman–Crippen LogP) is 3.74. The molecule has 5 nitrogen and oxygen atoms in total. The smallest absolute Gasteiger partial charge is 0.254 e. The fourth-order valence-electron chi connectivity index (χ4n) is 3.39. The van der Waals surface area contributed by atoms with Crippen molar-refractivity contribution in [1.82, 2.24) is 9.88 Å². The van der Waals surface area contributed by atoms with Crippen LogP contribution in [0.2, 0.25) is 0 Å². The Kier molecular flexibility index (Phi) is 5.95. The average Bonchev–Trinajstić information content (AvgIpc) is 2.66. The molecule has 3 rings (SSSR count). The fraction of sp³-hybridized carbons (Fsp3) is 0.304. The van der Waals surface area contributed by atoms with E-state index in [2.05, 4.69) is 4.98 Å². The first-order valence-corrected chi connectivity index (χ1v) is 9.37. The molecule has 0 bridgehead atoms. The number of H-pyrrole nitrogens is 1. The number of hydrogen-bond donors (Lipinski definition) is 1. The standard InChI is InChI=1S/C23H26N2O3/c1-15-5-7-18(8-6-15)23(27)25(9-10-28-4)14-20-13-19-12-16(2)11-17(3)21(19)24-22(20)26/h5-8,11-13H,9-10,14H2,1-4H3,(H,24,26). The number of carbonyl (C=O) groups is 1. The van der Waals surface area contributed by atoms with Crippen molar-refractivity contribution in [3.05, 3.63) is 80.6 Å². The molecule has 0 radical (unpaired) electrons. The number of hydrogen-bond acceptors (Lipinski definition) is 3. The first-order chi connectivity index (χ1) is 13.4. The average molecular weight is 378 g/mol. The Morgan fingerprint density at radius 3 is 2.43 bits per heavy atom. The van der Waals surface area contributed by atoms with Crippen LogP contribution in [0.25, 0.3) is 10.9 Å². The number of methoxy groups -OCH3 is 1. The molecule has 3 aromatic rings. The van der Waals surface area contributed by atoms with Crippen molar-refractivity contribution in [2.75, 3.05) is 20.3 Å². The van der Waals surface area contributed by atoms with Gasteiger partial charge in [-0.3, -0.25) is 9.59 Å². The number of aryl methyl sites for hydroxylation is 3. The monoisotopic (exact) mass is 378 g/mol. The molecule has 1 aromatic heterocycles. The third-order valence-electron chi connectivity index (χ3n) is 4.88. The van der Waals surface area contributed by atoms with Gasteiger partial charge in [0.25, 0.3) is 11.5 Å². The number of rotatable bonds is 6. The summed E-state index contributed by atoms with van der Waals surface area (Å²) in [6, 6.07) is 13.4. The van der Waals surface area contributed by atoms with E-state index >= 15 is 0 Å². The number of aromatic nitrogens is 1. The number of pyridine rings is 1. The van der Waals surface area contributed by atoms with Gasteiger partial charge in [0.05, 0.1) is 18.7 Å². The minimum atomic E-state index is -0.168. The zero-order valence-corrected chi connectivity index (χ0v) is 16.8. The van der Waals surface area contributed by atoms with E-state index in [9.17, 15) is 9.59 Å². The molecule has 0 fully saturated rings. The molecule has 0 spiro atoms. The number of ether oxygens (including phenoxy) is 1. The summed E-state index contributed by atoms with van der Waals surface area (Å²) in [5.41, 5.74) is 5.10. The quantitative estimate of drug-likeness (QED) is 0.711. The Hall–Kier alpha value is -2.92. The van der Waals surface area contributed by atoms with Gasteiger partial charge >= 0.3 is 0 Å². The minimum absolute atomic E-state index is 0.114. The van der Waals surface area contributed by atoms with Crippen molar-refractivity contribution >= 4 is 16.8 Å². The Morgan fingerprint density at radius 1 is 1.04 bits per heavy atom. The van der Waals surface area contributed by atoms with Crippen molar-refractivity contribution in [3.63, 3.8) is 0 Å². The predicted molar refractivity (Wildman–Crippen MR) is 112 cm³/mol. The Labute approximate surface area is 165 Å². The number of benzene rings is 2. The summed E-state index contributed by atoms with van der Waals surface area (Å²) >= 11 is 0. The second kappa shape index (κ2) is 8.40. The van der Waals surface area contributed by atoms with Crippen LogP contribution in [0.4, 0.5) is 0 Å². The second-order valence-corrected chi connectivity index (χ2v) is 7.26. The molecule has 0 saturated heterocycles. The third-order valence-corrected chi connectivity index (χ3v) is 4.88. The van der Waals surface area contributed by atoms with Crippen LogP contribution < -0.4 is 5.56 Å². The van der Waals surface area contributed by atoms with Crippen LogP contribution in [0.15, 0.2) is 47.3 Å². The van der Waals surface area contributed by atoms with Crippen molar-refractivity contribution in [2.24, 2.45) is 0 Å².